The van der Waals surface area contributed by atoms with Crippen LogP contribution in [-0.2, 0) is 32.6 Å². The highest BCUT2D eigenvalue weighted by Crippen LogP contribution is 2.26. The molecule has 4 aromatic rings. The van der Waals surface area contributed by atoms with E-state index in [-0.39, 0.29) is 29.5 Å². The van der Waals surface area contributed by atoms with Gasteiger partial charge in [-0.05, 0) is 66.1 Å². The largest absolute Gasteiger partial charge is 0.354 e. The number of benzene rings is 4. The zero-order valence-electron chi connectivity index (χ0n) is 24.4. The van der Waals surface area contributed by atoms with Gasteiger partial charge in [0.05, 0.1) is 10.6 Å². The Hall–Kier alpha value is -4.21. The third kappa shape index (κ3) is 8.67. The predicted molar refractivity (Wildman–Crippen MR) is 171 cm³/mol. The van der Waals surface area contributed by atoms with Crippen molar-refractivity contribution in [1.82, 2.24) is 10.2 Å². The number of carbonyl (C=O) groups excluding carboxylic acids is 2. The Morgan fingerprint density at radius 3 is 2.07 bits per heavy atom. The Bertz CT molecular complexity index is 1620. The van der Waals surface area contributed by atoms with Crippen molar-refractivity contribution in [1.29, 1.82) is 0 Å². The lowest BCUT2D eigenvalue weighted by Crippen LogP contribution is -2.53. The minimum atomic E-state index is -4.22. The van der Waals surface area contributed by atoms with Crippen molar-refractivity contribution in [2.75, 3.05) is 17.4 Å². The average molecular weight is 636 g/mol. The Labute approximate surface area is 263 Å². The molecule has 1 unspecified atom stereocenters. The number of rotatable bonds is 14. The number of hydrogen-bond donors (Lipinski definition) is 1. The molecule has 1 atom stereocenters. The number of halogens is 2. The SMILES string of the molecule is CCCCNC(=O)C(Cc1ccccc1)N(Cc1ccc(F)cc1)C(=O)CN(c1ccccc1)S(=O)(=O)c1ccc(Cl)cc1. The zero-order chi connectivity index (χ0) is 31.5. The highest BCUT2D eigenvalue weighted by atomic mass is 35.5. The molecule has 0 aromatic heterocycles. The molecular formula is C34H35ClFN3O4S. The molecule has 0 bridgehead atoms. The molecule has 4 rings (SSSR count). The van der Waals surface area contributed by atoms with E-state index in [4.69, 9.17) is 11.6 Å². The first-order valence-electron chi connectivity index (χ1n) is 14.4. The maximum Gasteiger partial charge on any atom is 0.264 e. The number of para-hydroxylation sites is 1. The van der Waals surface area contributed by atoms with Crippen LogP contribution in [0.4, 0.5) is 10.1 Å². The Morgan fingerprint density at radius 2 is 1.45 bits per heavy atom. The monoisotopic (exact) mass is 635 g/mol. The molecule has 0 aliphatic heterocycles. The first-order valence-corrected chi connectivity index (χ1v) is 16.2. The van der Waals surface area contributed by atoms with Crippen LogP contribution in [0.15, 0.2) is 114 Å². The molecule has 2 amide bonds. The van der Waals surface area contributed by atoms with Gasteiger partial charge < -0.3 is 10.2 Å². The van der Waals surface area contributed by atoms with Gasteiger partial charge in [-0.3, -0.25) is 13.9 Å². The lowest BCUT2D eigenvalue weighted by atomic mass is 10.0. The van der Waals surface area contributed by atoms with E-state index in [2.05, 4.69) is 5.32 Å². The second-order valence-corrected chi connectivity index (χ2v) is 12.6. The number of hydrogen-bond acceptors (Lipinski definition) is 4. The van der Waals surface area contributed by atoms with E-state index >= 15 is 0 Å². The summed E-state index contributed by atoms with van der Waals surface area (Å²) < 4.78 is 42.7. The van der Waals surface area contributed by atoms with E-state index in [0.717, 1.165) is 22.7 Å². The van der Waals surface area contributed by atoms with Crippen LogP contribution in [0.5, 0.6) is 0 Å². The van der Waals surface area contributed by atoms with Crippen LogP contribution in [0.2, 0.25) is 5.02 Å². The molecule has 0 saturated heterocycles. The Morgan fingerprint density at radius 1 is 0.841 bits per heavy atom. The van der Waals surface area contributed by atoms with Crippen LogP contribution in [0, 0.1) is 5.82 Å². The molecule has 1 N–H and O–H groups in total. The summed E-state index contributed by atoms with van der Waals surface area (Å²) in [5, 5.41) is 3.31. The number of nitrogens with zero attached hydrogens (tertiary/aromatic N) is 2. The second-order valence-electron chi connectivity index (χ2n) is 10.3. The summed E-state index contributed by atoms with van der Waals surface area (Å²) >= 11 is 6.02. The van der Waals surface area contributed by atoms with Crippen molar-refractivity contribution < 1.29 is 22.4 Å². The number of sulfonamides is 1. The number of nitrogens with one attached hydrogen (secondary N) is 1. The molecule has 0 radical (unpaired) electrons. The predicted octanol–water partition coefficient (Wildman–Crippen LogP) is 6.23. The quantitative estimate of drug-likeness (QED) is 0.166. The van der Waals surface area contributed by atoms with Gasteiger partial charge in [-0.15, -0.1) is 0 Å². The van der Waals surface area contributed by atoms with Gasteiger partial charge in [-0.25, -0.2) is 12.8 Å². The maximum atomic E-state index is 14.3. The van der Waals surface area contributed by atoms with E-state index in [1.807, 2.05) is 37.3 Å². The molecule has 0 aliphatic rings. The Kier molecular flexibility index (Phi) is 11.5. The standard InChI is InChI=1S/C34H35ClFN3O4S/c1-2-3-22-37-34(41)32(23-26-10-6-4-7-11-26)38(24-27-14-18-29(36)19-15-27)33(40)25-39(30-12-8-5-9-13-30)44(42,43)31-20-16-28(35)17-21-31/h4-21,32H,2-3,22-25H2,1H3,(H,37,41). The van der Waals surface area contributed by atoms with Crippen molar-refractivity contribution in [3.63, 3.8) is 0 Å². The van der Waals surface area contributed by atoms with Crippen LogP contribution in [0.25, 0.3) is 0 Å². The van der Waals surface area contributed by atoms with Crippen molar-refractivity contribution in [2.45, 2.75) is 43.7 Å². The van der Waals surface area contributed by atoms with Gasteiger partial charge in [0.2, 0.25) is 11.8 Å². The summed E-state index contributed by atoms with van der Waals surface area (Å²) in [5.74, 6) is -1.39. The molecule has 0 heterocycles. The first-order chi connectivity index (χ1) is 21.2. The average Bonchev–Trinajstić information content (AvgIpc) is 3.03. The normalized spacial score (nSPS) is 11.9. The van der Waals surface area contributed by atoms with Crippen molar-refractivity contribution >= 4 is 39.1 Å². The van der Waals surface area contributed by atoms with Crippen molar-refractivity contribution in [3.05, 3.63) is 131 Å². The van der Waals surface area contributed by atoms with Gasteiger partial charge in [0.15, 0.2) is 0 Å². The lowest BCUT2D eigenvalue weighted by molar-refractivity contribution is -0.140. The summed E-state index contributed by atoms with van der Waals surface area (Å²) in [6, 6.07) is 28.0. The van der Waals surface area contributed by atoms with Crippen LogP contribution >= 0.6 is 11.6 Å². The van der Waals surface area contributed by atoms with E-state index in [1.54, 1.807) is 42.5 Å². The van der Waals surface area contributed by atoms with E-state index in [1.165, 1.54) is 41.3 Å². The summed E-state index contributed by atoms with van der Waals surface area (Å²) in [6.07, 6.45) is 1.83. The molecule has 0 saturated carbocycles. The maximum absolute atomic E-state index is 14.3. The van der Waals surface area contributed by atoms with Gasteiger partial charge >= 0.3 is 0 Å². The molecule has 10 heteroatoms. The summed E-state index contributed by atoms with van der Waals surface area (Å²) in [4.78, 5) is 29.4. The first kappa shape index (κ1) is 32.7. The highest BCUT2D eigenvalue weighted by Gasteiger charge is 2.34. The van der Waals surface area contributed by atoms with E-state index in [9.17, 15) is 22.4 Å². The summed E-state index contributed by atoms with van der Waals surface area (Å²) in [7, 11) is -4.22. The summed E-state index contributed by atoms with van der Waals surface area (Å²) in [6.45, 7) is 1.82. The minimum Gasteiger partial charge on any atom is -0.354 e. The van der Waals surface area contributed by atoms with Gasteiger partial charge in [-0.2, -0.15) is 0 Å². The number of unbranched alkanes of at least 4 members (excludes halogenated alkanes) is 1. The van der Waals surface area contributed by atoms with Crippen LogP contribution < -0.4 is 9.62 Å². The van der Waals surface area contributed by atoms with E-state index < -0.39 is 34.3 Å². The zero-order valence-corrected chi connectivity index (χ0v) is 26.0. The van der Waals surface area contributed by atoms with Crippen molar-refractivity contribution in [2.24, 2.45) is 0 Å². The molecule has 7 nitrogen and oxygen atoms in total. The molecule has 0 fully saturated rings. The van der Waals surface area contributed by atoms with Gasteiger partial charge in [0.1, 0.15) is 18.4 Å². The third-order valence-corrected chi connectivity index (χ3v) is 9.13. The van der Waals surface area contributed by atoms with Gasteiger partial charge in [-0.1, -0.05) is 85.6 Å². The number of carbonyl (C=O) groups is 2. The van der Waals surface area contributed by atoms with Gasteiger partial charge in [0, 0.05) is 24.5 Å². The fraction of sp³-hybridized carbons (Fsp3) is 0.235. The number of anilines is 1. The molecule has 0 spiro atoms. The number of amides is 2. The second kappa shape index (κ2) is 15.5. The molecular weight excluding hydrogens is 601 g/mol. The lowest BCUT2D eigenvalue weighted by Gasteiger charge is -2.34. The minimum absolute atomic E-state index is 0.0400. The molecule has 230 valence electrons. The molecule has 4 aromatic carbocycles. The van der Waals surface area contributed by atoms with Crippen molar-refractivity contribution in [3.8, 4) is 0 Å². The molecule has 44 heavy (non-hydrogen) atoms. The van der Waals surface area contributed by atoms with Crippen LogP contribution in [0.1, 0.15) is 30.9 Å². The fourth-order valence-corrected chi connectivity index (χ4v) is 6.24. The highest BCUT2D eigenvalue weighted by molar-refractivity contribution is 7.92. The fourth-order valence-electron chi connectivity index (χ4n) is 4.70. The summed E-state index contributed by atoms with van der Waals surface area (Å²) in [5.41, 5.74) is 1.70. The van der Waals surface area contributed by atoms with E-state index in [0.29, 0.717) is 17.1 Å². The van der Waals surface area contributed by atoms with Gasteiger partial charge in [0.25, 0.3) is 10.0 Å². The molecule has 0 aliphatic carbocycles. The Balaban J connectivity index is 1.76. The van der Waals surface area contributed by atoms with Crippen LogP contribution in [0.3, 0.4) is 0 Å². The van der Waals surface area contributed by atoms with Crippen LogP contribution in [-0.4, -0.2) is 44.3 Å². The third-order valence-electron chi connectivity index (χ3n) is 7.09. The smallest absolute Gasteiger partial charge is 0.264 e. The topological polar surface area (TPSA) is 86.8 Å².